The number of thiophene rings is 1. The van der Waals surface area contributed by atoms with E-state index in [1.54, 1.807) is 30.0 Å². The number of hydrogen-bond donors (Lipinski definition) is 1. The molecule has 8 nitrogen and oxygen atoms in total. The minimum Gasteiger partial charge on any atom is -0.366 e. The maximum atomic E-state index is 14.1. The molecular formula is C25H28FN5O3S. The fourth-order valence-corrected chi connectivity index (χ4v) is 6.08. The third kappa shape index (κ3) is 4.67. The van der Waals surface area contributed by atoms with E-state index in [9.17, 15) is 18.8 Å². The Labute approximate surface area is 206 Å². The van der Waals surface area contributed by atoms with Gasteiger partial charge in [0.05, 0.1) is 22.3 Å². The zero-order valence-corrected chi connectivity index (χ0v) is 20.4. The SMILES string of the molecule is Cc1c(C(=O)N2CCN(c3ccccc3F)CC2)sc2ncn(CC(=O)NC3CCCC3)c(=O)c12. The topological polar surface area (TPSA) is 87.5 Å². The molecule has 0 radical (unpaired) electrons. The summed E-state index contributed by atoms with van der Waals surface area (Å²) in [6, 6.07) is 6.82. The van der Waals surface area contributed by atoms with Crippen LogP contribution in [0.25, 0.3) is 10.2 Å². The zero-order valence-electron chi connectivity index (χ0n) is 19.6. The van der Waals surface area contributed by atoms with Gasteiger partial charge in [-0.2, -0.15) is 0 Å². The standard InChI is InChI=1S/C25H28FN5O3S/c1-16-21-23(27-15-31(24(21)33)14-20(32)28-17-6-2-3-7-17)35-22(16)25(34)30-12-10-29(11-13-30)19-9-5-4-8-18(19)26/h4-5,8-9,15,17H,2-3,6-7,10-14H2,1H3,(H,28,32). The lowest BCUT2D eigenvalue weighted by molar-refractivity contribution is -0.122. The van der Waals surface area contributed by atoms with Crippen LogP contribution in [0, 0.1) is 12.7 Å². The summed E-state index contributed by atoms with van der Waals surface area (Å²) in [5, 5.41) is 3.38. The first-order valence-electron chi connectivity index (χ1n) is 12.0. The van der Waals surface area contributed by atoms with Crippen LogP contribution in [0.2, 0.25) is 0 Å². The van der Waals surface area contributed by atoms with E-state index in [0.717, 1.165) is 25.7 Å². The minimum absolute atomic E-state index is 0.0884. The average molecular weight is 498 g/mol. The second-order valence-electron chi connectivity index (χ2n) is 9.19. The Kier molecular flexibility index (Phi) is 6.55. The molecule has 1 aliphatic heterocycles. The number of piperazine rings is 1. The molecule has 1 N–H and O–H groups in total. The van der Waals surface area contributed by atoms with Crippen LogP contribution in [-0.2, 0) is 11.3 Å². The van der Waals surface area contributed by atoms with E-state index in [0.29, 0.717) is 52.5 Å². The van der Waals surface area contributed by atoms with Crippen molar-refractivity contribution in [3.05, 3.63) is 57.2 Å². The van der Waals surface area contributed by atoms with Gasteiger partial charge in [-0.05, 0) is 37.5 Å². The first kappa shape index (κ1) is 23.5. The van der Waals surface area contributed by atoms with Crippen molar-refractivity contribution < 1.29 is 14.0 Å². The minimum atomic E-state index is -0.311. The van der Waals surface area contributed by atoms with E-state index >= 15 is 0 Å². The molecule has 35 heavy (non-hydrogen) atoms. The summed E-state index contributed by atoms with van der Waals surface area (Å²) in [5.74, 6) is -0.618. The number of nitrogens with one attached hydrogen (secondary N) is 1. The van der Waals surface area contributed by atoms with Crippen LogP contribution in [0.15, 0.2) is 35.4 Å². The number of halogens is 1. The molecule has 1 aromatic carbocycles. The van der Waals surface area contributed by atoms with Crippen molar-refractivity contribution >= 4 is 39.1 Å². The van der Waals surface area contributed by atoms with Gasteiger partial charge in [0.1, 0.15) is 17.2 Å². The third-order valence-electron chi connectivity index (χ3n) is 6.91. The molecule has 0 unspecified atom stereocenters. The molecule has 0 bridgehead atoms. The first-order chi connectivity index (χ1) is 16.9. The Hall–Kier alpha value is -3.27. The molecule has 184 valence electrons. The smallest absolute Gasteiger partial charge is 0.264 e. The maximum absolute atomic E-state index is 14.1. The predicted octanol–water partition coefficient (Wildman–Crippen LogP) is 2.93. The van der Waals surface area contributed by atoms with Gasteiger partial charge in [0.15, 0.2) is 0 Å². The number of hydrogen-bond acceptors (Lipinski definition) is 6. The molecule has 3 aromatic rings. The Bertz CT molecular complexity index is 1320. The number of fused-ring (bicyclic) bond motifs is 1. The van der Waals surface area contributed by atoms with Crippen molar-refractivity contribution in [1.29, 1.82) is 0 Å². The number of para-hydroxylation sites is 1. The van der Waals surface area contributed by atoms with E-state index in [-0.39, 0.29) is 35.8 Å². The summed E-state index contributed by atoms with van der Waals surface area (Å²) in [5.41, 5.74) is 0.822. The fraction of sp³-hybridized carbons (Fsp3) is 0.440. The number of carbonyl (C=O) groups is 2. The zero-order chi connectivity index (χ0) is 24.5. The number of aryl methyl sites for hydroxylation is 1. The van der Waals surface area contributed by atoms with Crippen LogP contribution < -0.4 is 15.8 Å². The second-order valence-corrected chi connectivity index (χ2v) is 10.2. The van der Waals surface area contributed by atoms with E-state index in [1.165, 1.54) is 28.3 Å². The summed E-state index contributed by atoms with van der Waals surface area (Å²) in [7, 11) is 0. The molecule has 1 aliphatic carbocycles. The van der Waals surface area contributed by atoms with E-state index in [1.807, 2.05) is 4.90 Å². The van der Waals surface area contributed by atoms with E-state index < -0.39 is 0 Å². The van der Waals surface area contributed by atoms with Crippen LogP contribution in [0.4, 0.5) is 10.1 Å². The number of anilines is 1. The molecule has 3 heterocycles. The highest BCUT2D eigenvalue weighted by Crippen LogP contribution is 2.29. The van der Waals surface area contributed by atoms with Crippen LogP contribution >= 0.6 is 11.3 Å². The normalized spacial score (nSPS) is 16.7. The summed E-state index contributed by atoms with van der Waals surface area (Å²) < 4.78 is 15.4. The quantitative estimate of drug-likeness (QED) is 0.586. The second kappa shape index (κ2) is 9.77. The Morgan fingerprint density at radius 1 is 1.14 bits per heavy atom. The van der Waals surface area contributed by atoms with Crippen LogP contribution in [0.3, 0.4) is 0 Å². The molecule has 2 amide bonds. The Morgan fingerprint density at radius 3 is 2.57 bits per heavy atom. The largest absolute Gasteiger partial charge is 0.366 e. The van der Waals surface area contributed by atoms with Gasteiger partial charge in [-0.15, -0.1) is 11.3 Å². The molecule has 2 aliphatic rings. The molecule has 0 spiro atoms. The number of benzene rings is 1. The molecule has 10 heteroatoms. The lowest BCUT2D eigenvalue weighted by Crippen LogP contribution is -2.49. The molecule has 5 rings (SSSR count). The van der Waals surface area contributed by atoms with Crippen LogP contribution in [0.5, 0.6) is 0 Å². The van der Waals surface area contributed by atoms with Crippen LogP contribution in [0.1, 0.15) is 40.9 Å². The number of aromatic nitrogens is 2. The molecule has 0 atom stereocenters. The molecular weight excluding hydrogens is 469 g/mol. The first-order valence-corrected chi connectivity index (χ1v) is 12.8. The van der Waals surface area contributed by atoms with Crippen molar-refractivity contribution in [1.82, 2.24) is 19.8 Å². The molecule has 1 saturated heterocycles. The van der Waals surface area contributed by atoms with Gasteiger partial charge >= 0.3 is 0 Å². The third-order valence-corrected chi connectivity index (χ3v) is 8.09. The van der Waals surface area contributed by atoms with Gasteiger partial charge in [0.25, 0.3) is 11.5 Å². The lowest BCUT2D eigenvalue weighted by atomic mass is 10.2. The summed E-state index contributed by atoms with van der Waals surface area (Å²) in [6.07, 6.45) is 5.56. The number of nitrogens with zero attached hydrogens (tertiary/aromatic N) is 4. The van der Waals surface area contributed by atoms with Gasteiger partial charge in [0.2, 0.25) is 5.91 Å². The monoisotopic (exact) mass is 497 g/mol. The Balaban J connectivity index is 1.31. The molecule has 2 aromatic heterocycles. The lowest BCUT2D eigenvalue weighted by Gasteiger charge is -2.36. The van der Waals surface area contributed by atoms with E-state index in [4.69, 9.17) is 0 Å². The maximum Gasteiger partial charge on any atom is 0.264 e. The van der Waals surface area contributed by atoms with Crippen molar-refractivity contribution in [2.75, 3.05) is 31.1 Å². The Morgan fingerprint density at radius 2 is 1.86 bits per heavy atom. The average Bonchev–Trinajstić information content (AvgIpc) is 3.49. The number of carbonyl (C=O) groups excluding carboxylic acids is 2. The van der Waals surface area contributed by atoms with Gasteiger partial charge in [-0.1, -0.05) is 25.0 Å². The van der Waals surface area contributed by atoms with Gasteiger partial charge in [0, 0.05) is 32.2 Å². The molecule has 2 fully saturated rings. The van der Waals surface area contributed by atoms with Gasteiger partial charge in [-0.25, -0.2) is 9.37 Å². The number of rotatable bonds is 5. The van der Waals surface area contributed by atoms with Crippen molar-refractivity contribution in [2.24, 2.45) is 0 Å². The fourth-order valence-electron chi connectivity index (χ4n) is 4.98. The van der Waals surface area contributed by atoms with Crippen molar-refractivity contribution in [3.63, 3.8) is 0 Å². The summed E-state index contributed by atoms with van der Waals surface area (Å²) in [6.45, 7) is 3.64. The summed E-state index contributed by atoms with van der Waals surface area (Å²) in [4.78, 5) is 47.9. The van der Waals surface area contributed by atoms with Gasteiger partial charge < -0.3 is 15.1 Å². The highest BCUT2D eigenvalue weighted by Gasteiger charge is 2.28. The predicted molar refractivity (Wildman–Crippen MR) is 134 cm³/mol. The van der Waals surface area contributed by atoms with Crippen LogP contribution in [-0.4, -0.2) is 58.5 Å². The highest BCUT2D eigenvalue weighted by atomic mass is 32.1. The number of amides is 2. The highest BCUT2D eigenvalue weighted by molar-refractivity contribution is 7.20. The molecule has 1 saturated carbocycles. The summed E-state index contributed by atoms with van der Waals surface area (Å²) >= 11 is 1.20. The van der Waals surface area contributed by atoms with Crippen molar-refractivity contribution in [3.8, 4) is 0 Å². The van der Waals surface area contributed by atoms with Gasteiger partial charge in [-0.3, -0.25) is 19.0 Å². The van der Waals surface area contributed by atoms with Crippen molar-refractivity contribution in [2.45, 2.75) is 45.2 Å². The van der Waals surface area contributed by atoms with E-state index in [2.05, 4.69) is 10.3 Å².